The maximum absolute atomic E-state index is 13.1. The number of anilines is 1. The third-order valence-electron chi connectivity index (χ3n) is 4.91. The van der Waals surface area contributed by atoms with E-state index in [1.54, 1.807) is 0 Å². The summed E-state index contributed by atoms with van der Waals surface area (Å²) in [5, 5.41) is 2.79. The Morgan fingerprint density at radius 3 is 2.57 bits per heavy atom. The van der Waals surface area contributed by atoms with Crippen molar-refractivity contribution in [1.82, 2.24) is 9.21 Å². The van der Waals surface area contributed by atoms with Crippen molar-refractivity contribution in [2.45, 2.75) is 18.2 Å². The number of sulfonamides is 1. The number of hydrogen-bond donors (Lipinski definition) is 1. The van der Waals surface area contributed by atoms with Crippen molar-refractivity contribution >= 4 is 39.3 Å². The van der Waals surface area contributed by atoms with Gasteiger partial charge in [0.25, 0.3) is 0 Å². The van der Waals surface area contributed by atoms with Crippen LogP contribution >= 0.6 is 11.6 Å². The van der Waals surface area contributed by atoms with Crippen molar-refractivity contribution in [1.29, 1.82) is 0 Å². The van der Waals surface area contributed by atoms with Crippen LogP contribution in [0.5, 0.6) is 0 Å². The summed E-state index contributed by atoms with van der Waals surface area (Å²) >= 11 is 6.17. The van der Waals surface area contributed by atoms with Gasteiger partial charge in [-0.1, -0.05) is 54.1 Å². The van der Waals surface area contributed by atoms with Gasteiger partial charge in [-0.2, -0.15) is 4.31 Å². The molecule has 6 nitrogen and oxygen atoms in total. The van der Waals surface area contributed by atoms with E-state index in [4.69, 9.17) is 11.6 Å². The summed E-state index contributed by atoms with van der Waals surface area (Å²) in [6.07, 6.45) is 4.95. The molecule has 0 aliphatic carbocycles. The van der Waals surface area contributed by atoms with E-state index in [-0.39, 0.29) is 15.8 Å². The first-order chi connectivity index (χ1) is 14.4. The molecule has 1 saturated heterocycles. The zero-order valence-corrected chi connectivity index (χ0v) is 18.5. The maximum Gasteiger partial charge on any atom is 0.243 e. The molecule has 0 bridgehead atoms. The molecule has 0 spiro atoms. The molecule has 0 atom stereocenters. The summed E-state index contributed by atoms with van der Waals surface area (Å²) in [5.41, 5.74) is 1.55. The van der Waals surface area contributed by atoms with Crippen LogP contribution in [0.2, 0.25) is 5.02 Å². The van der Waals surface area contributed by atoms with Gasteiger partial charge in [0.1, 0.15) is 0 Å². The molecule has 8 heteroatoms. The number of carbonyl (C=O) groups excluding carboxylic acids is 1. The highest BCUT2D eigenvalue weighted by atomic mass is 35.5. The molecule has 0 saturated carbocycles. The van der Waals surface area contributed by atoms with Crippen molar-refractivity contribution in [3.8, 4) is 0 Å². The summed E-state index contributed by atoms with van der Waals surface area (Å²) in [6.45, 7) is 4.54. The highest BCUT2D eigenvalue weighted by molar-refractivity contribution is 7.89. The van der Waals surface area contributed by atoms with Crippen LogP contribution in [0.3, 0.4) is 0 Å². The molecular weight excluding hydrogens is 422 g/mol. The van der Waals surface area contributed by atoms with Gasteiger partial charge in [-0.15, -0.1) is 0 Å². The Morgan fingerprint density at radius 2 is 1.87 bits per heavy atom. The van der Waals surface area contributed by atoms with Gasteiger partial charge in [0.2, 0.25) is 15.9 Å². The minimum absolute atomic E-state index is 0.138. The Morgan fingerprint density at radius 1 is 1.10 bits per heavy atom. The van der Waals surface area contributed by atoms with E-state index in [0.717, 1.165) is 25.1 Å². The molecule has 1 heterocycles. The summed E-state index contributed by atoms with van der Waals surface area (Å²) in [6, 6.07) is 14.5. The first-order valence-corrected chi connectivity index (χ1v) is 11.7. The second-order valence-electron chi connectivity index (χ2n) is 7.19. The Kier molecular flexibility index (Phi) is 7.66. The summed E-state index contributed by atoms with van der Waals surface area (Å²) < 4.78 is 27.7. The molecule has 2 aromatic rings. The highest BCUT2D eigenvalue weighted by Gasteiger charge is 2.27. The second kappa shape index (κ2) is 10.2. The number of rotatable bonds is 6. The third-order valence-corrected chi connectivity index (χ3v) is 7.12. The van der Waals surface area contributed by atoms with Crippen LogP contribution in [0.25, 0.3) is 6.08 Å². The lowest BCUT2D eigenvalue weighted by atomic mass is 10.2. The topological polar surface area (TPSA) is 69.7 Å². The van der Waals surface area contributed by atoms with Crippen LogP contribution < -0.4 is 5.32 Å². The smallest absolute Gasteiger partial charge is 0.243 e. The number of amides is 1. The minimum Gasteiger partial charge on any atom is -0.325 e. The lowest BCUT2D eigenvalue weighted by molar-refractivity contribution is -0.114. The molecule has 30 heavy (non-hydrogen) atoms. The highest BCUT2D eigenvalue weighted by Crippen LogP contribution is 2.27. The average molecular weight is 448 g/mol. The van der Waals surface area contributed by atoms with E-state index in [2.05, 4.69) is 34.5 Å². The van der Waals surface area contributed by atoms with Crippen molar-refractivity contribution in [3.63, 3.8) is 0 Å². The Bertz CT molecular complexity index is 1010. The van der Waals surface area contributed by atoms with E-state index >= 15 is 0 Å². The molecule has 160 valence electrons. The number of nitrogens with one attached hydrogen (secondary N) is 1. The van der Waals surface area contributed by atoms with Gasteiger partial charge in [-0.25, -0.2) is 8.42 Å². The zero-order chi connectivity index (χ0) is 21.6. The van der Waals surface area contributed by atoms with E-state index in [0.29, 0.717) is 25.3 Å². The van der Waals surface area contributed by atoms with Gasteiger partial charge in [0, 0.05) is 33.1 Å². The fourth-order valence-electron chi connectivity index (χ4n) is 3.37. The molecule has 0 aromatic heterocycles. The number of nitrogens with zero attached hydrogens (tertiary/aromatic N) is 2. The van der Waals surface area contributed by atoms with Gasteiger partial charge in [0.15, 0.2) is 0 Å². The molecule has 0 radical (unpaired) electrons. The summed E-state index contributed by atoms with van der Waals surface area (Å²) in [4.78, 5) is 13.6. The zero-order valence-electron chi connectivity index (χ0n) is 16.9. The molecule has 1 N–H and O–H groups in total. The molecule has 1 fully saturated rings. The number of carbonyl (C=O) groups is 1. The van der Waals surface area contributed by atoms with Crippen LogP contribution in [0.15, 0.2) is 59.5 Å². The first kappa shape index (κ1) is 22.5. The Balaban J connectivity index is 1.63. The normalized spacial score (nSPS) is 16.5. The molecule has 1 amide bonds. The van der Waals surface area contributed by atoms with E-state index < -0.39 is 10.0 Å². The van der Waals surface area contributed by atoms with E-state index in [1.807, 2.05) is 18.2 Å². The van der Waals surface area contributed by atoms with Crippen molar-refractivity contribution < 1.29 is 13.2 Å². The average Bonchev–Trinajstić information content (AvgIpc) is 2.96. The monoisotopic (exact) mass is 447 g/mol. The lowest BCUT2D eigenvalue weighted by Crippen LogP contribution is -2.35. The van der Waals surface area contributed by atoms with Crippen molar-refractivity contribution in [3.05, 3.63) is 65.2 Å². The SMILES string of the molecule is CC(=O)Nc1ccc(S(=O)(=O)N2CCCN(CC=Cc3ccccc3)CC2)cc1Cl. The van der Waals surface area contributed by atoms with Gasteiger partial charge in [-0.3, -0.25) is 9.69 Å². The standard InChI is InChI=1S/C22H26ClN3O3S/c1-18(27)24-22-11-10-20(17-21(22)23)30(28,29)26-14-6-13-25(15-16-26)12-5-9-19-7-3-2-4-8-19/h2-5,7-11,17H,6,12-16H2,1H3,(H,24,27). The van der Waals surface area contributed by atoms with E-state index in [1.165, 1.54) is 29.4 Å². The van der Waals surface area contributed by atoms with Gasteiger partial charge in [0.05, 0.1) is 15.6 Å². The molecule has 0 unspecified atom stereocenters. The molecular formula is C22H26ClN3O3S. The fourth-order valence-corrected chi connectivity index (χ4v) is 5.16. The van der Waals surface area contributed by atoms with Crippen molar-refractivity contribution in [2.24, 2.45) is 0 Å². The van der Waals surface area contributed by atoms with Crippen LogP contribution in [0, 0.1) is 0 Å². The van der Waals surface area contributed by atoms with Crippen molar-refractivity contribution in [2.75, 3.05) is 38.0 Å². The number of benzene rings is 2. The lowest BCUT2D eigenvalue weighted by Gasteiger charge is -2.21. The Hall–Kier alpha value is -2.19. The van der Waals surface area contributed by atoms with Crippen LogP contribution in [0.4, 0.5) is 5.69 Å². The van der Waals surface area contributed by atoms with Gasteiger partial charge in [-0.05, 0) is 36.7 Å². The molecule has 2 aromatic carbocycles. The summed E-state index contributed by atoms with van der Waals surface area (Å²) in [7, 11) is -3.65. The molecule has 1 aliphatic heterocycles. The number of hydrogen-bond acceptors (Lipinski definition) is 4. The Labute approximate surface area is 183 Å². The fraction of sp³-hybridized carbons (Fsp3) is 0.318. The predicted octanol–water partition coefficient (Wildman–Crippen LogP) is 3.71. The van der Waals surface area contributed by atoms with Crippen LogP contribution in [-0.4, -0.2) is 56.3 Å². The van der Waals surface area contributed by atoms with Gasteiger partial charge < -0.3 is 5.32 Å². The molecule has 1 aliphatic rings. The van der Waals surface area contributed by atoms with Gasteiger partial charge >= 0.3 is 0 Å². The largest absolute Gasteiger partial charge is 0.325 e. The van der Waals surface area contributed by atoms with Crippen LogP contribution in [0.1, 0.15) is 18.9 Å². The third kappa shape index (κ3) is 5.92. The number of halogens is 1. The quantitative estimate of drug-likeness (QED) is 0.732. The minimum atomic E-state index is -3.65. The first-order valence-electron chi connectivity index (χ1n) is 9.87. The maximum atomic E-state index is 13.1. The summed E-state index contributed by atoms with van der Waals surface area (Å²) in [5.74, 6) is -0.263. The van der Waals surface area contributed by atoms with Crippen LogP contribution in [-0.2, 0) is 14.8 Å². The van der Waals surface area contributed by atoms with E-state index in [9.17, 15) is 13.2 Å². The second-order valence-corrected chi connectivity index (χ2v) is 9.54. The predicted molar refractivity (Wildman–Crippen MR) is 121 cm³/mol. The molecule has 3 rings (SSSR count).